The first kappa shape index (κ1) is 19.4. The molecule has 9 heteroatoms. The van der Waals surface area contributed by atoms with Crippen molar-refractivity contribution in [1.82, 2.24) is 0 Å². The van der Waals surface area contributed by atoms with Crippen LogP contribution in [0.5, 0.6) is 5.75 Å². The molecule has 1 aromatic carbocycles. The van der Waals surface area contributed by atoms with Gasteiger partial charge in [0.2, 0.25) is 0 Å². The Bertz CT molecular complexity index is 882. The van der Waals surface area contributed by atoms with Gasteiger partial charge in [-0.3, -0.25) is 5.21 Å². The number of hydrogen-bond acceptors (Lipinski definition) is 4. The number of rotatable bonds is 6. The molecule has 0 aliphatic rings. The van der Waals surface area contributed by atoms with Crippen LogP contribution < -0.4 is 9.47 Å². The van der Waals surface area contributed by atoms with Gasteiger partial charge in [0.05, 0.1) is 21.2 Å². The molecule has 0 fully saturated rings. The van der Waals surface area contributed by atoms with Gasteiger partial charge in [0.1, 0.15) is 0 Å². The second-order valence-corrected chi connectivity index (χ2v) is 8.10. The largest absolute Gasteiger partial charge is 0.481 e. The number of nitrogens with zero attached hydrogens (tertiary/aromatic N) is 1. The van der Waals surface area contributed by atoms with Crippen LogP contribution in [0.1, 0.15) is 13.8 Å². The highest BCUT2D eigenvalue weighted by Gasteiger charge is 2.27. The van der Waals surface area contributed by atoms with Gasteiger partial charge in [-0.25, -0.2) is 17.2 Å². The van der Waals surface area contributed by atoms with Gasteiger partial charge in [-0.05, 0) is 18.2 Å². The third kappa shape index (κ3) is 4.58. The molecule has 0 spiro atoms. The molecule has 1 aromatic heterocycles. The van der Waals surface area contributed by atoms with Crippen LogP contribution in [0, 0.1) is 0 Å². The first-order valence-corrected chi connectivity index (χ1v) is 9.35. The molecule has 136 valence electrons. The molecule has 0 radical (unpaired) electrons. The molecule has 0 aliphatic carbocycles. The van der Waals surface area contributed by atoms with Crippen molar-refractivity contribution < 1.29 is 31.9 Å². The molecule has 1 heterocycles. The first-order chi connectivity index (χ1) is 11.5. The predicted molar refractivity (Wildman–Crippen MR) is 88.1 cm³/mol. The Kier molecular flexibility index (Phi) is 5.53. The lowest BCUT2D eigenvalue weighted by Gasteiger charge is -2.11. The summed E-state index contributed by atoms with van der Waals surface area (Å²) in [4.78, 5) is -0.101. The Morgan fingerprint density at radius 1 is 1.28 bits per heavy atom. The van der Waals surface area contributed by atoms with Crippen molar-refractivity contribution in [1.29, 1.82) is 0 Å². The quantitative estimate of drug-likeness (QED) is 0.604. The maximum atomic E-state index is 12.8. The van der Waals surface area contributed by atoms with E-state index in [1.54, 1.807) is 6.07 Å². The minimum atomic E-state index is -3.65. The summed E-state index contributed by atoms with van der Waals surface area (Å²) in [5.74, 6) is -3.18. The molecule has 0 bridgehead atoms. The maximum absolute atomic E-state index is 12.8. The number of sulfone groups is 1. The number of halogens is 3. The molecule has 1 N–H and O–H groups in total. The van der Waals surface area contributed by atoms with Crippen molar-refractivity contribution in [3.8, 4) is 17.0 Å². The monoisotopic (exact) mass is 392 g/mol. The van der Waals surface area contributed by atoms with E-state index in [0.717, 1.165) is 6.20 Å². The zero-order valence-electron chi connectivity index (χ0n) is 13.5. The minimum Gasteiger partial charge on any atom is -0.481 e. The van der Waals surface area contributed by atoms with E-state index in [-0.39, 0.29) is 32.7 Å². The van der Waals surface area contributed by atoms with E-state index in [1.165, 1.54) is 31.2 Å². The lowest BCUT2D eigenvalue weighted by molar-refractivity contribution is -0.896. The Morgan fingerprint density at radius 2 is 1.96 bits per heavy atom. The van der Waals surface area contributed by atoms with Crippen molar-refractivity contribution in [3.63, 3.8) is 0 Å². The van der Waals surface area contributed by atoms with E-state index >= 15 is 0 Å². The second kappa shape index (κ2) is 7.13. The lowest BCUT2D eigenvalue weighted by Crippen LogP contribution is -2.33. The van der Waals surface area contributed by atoms with Crippen LogP contribution in [-0.2, 0) is 9.84 Å². The van der Waals surface area contributed by atoms with Gasteiger partial charge in [-0.15, -0.1) is 0 Å². The highest BCUT2D eigenvalue weighted by atomic mass is 35.5. The molecular weight excluding hydrogens is 376 g/mol. The summed E-state index contributed by atoms with van der Waals surface area (Å²) in [5, 5.41) is 10.2. The molecule has 0 saturated carbocycles. The molecule has 2 aromatic rings. The van der Waals surface area contributed by atoms with E-state index in [2.05, 4.69) is 0 Å². The molecule has 0 atom stereocenters. The fourth-order valence-corrected chi connectivity index (χ4v) is 3.84. The third-order valence-corrected chi connectivity index (χ3v) is 5.58. The van der Waals surface area contributed by atoms with Gasteiger partial charge in [0, 0.05) is 17.7 Å². The summed E-state index contributed by atoms with van der Waals surface area (Å²) < 4.78 is 55.9. The molecule has 0 unspecified atom stereocenters. The van der Waals surface area contributed by atoms with Crippen LogP contribution in [0.3, 0.4) is 0 Å². The fourth-order valence-electron chi connectivity index (χ4n) is 2.15. The van der Waals surface area contributed by atoms with E-state index in [4.69, 9.17) is 16.3 Å². The van der Waals surface area contributed by atoms with Gasteiger partial charge in [0.15, 0.2) is 22.2 Å². The summed E-state index contributed by atoms with van der Waals surface area (Å²) >= 11 is 6.05. The van der Waals surface area contributed by atoms with Crippen LogP contribution in [0.15, 0.2) is 41.4 Å². The number of benzene rings is 1. The van der Waals surface area contributed by atoms with Crippen molar-refractivity contribution in [2.45, 2.75) is 24.7 Å². The van der Waals surface area contributed by atoms with Gasteiger partial charge in [-0.1, -0.05) is 24.6 Å². The van der Waals surface area contributed by atoms with E-state index in [0.29, 0.717) is 11.7 Å². The molecule has 25 heavy (non-hydrogen) atoms. The molecular formula is C16H17ClF2NO4S+. The van der Waals surface area contributed by atoms with E-state index in [9.17, 15) is 22.4 Å². The summed E-state index contributed by atoms with van der Waals surface area (Å²) in [6.45, 7) is 1.35. The summed E-state index contributed by atoms with van der Waals surface area (Å²) in [6.07, 6.45) is 1.07. The third-order valence-electron chi connectivity index (χ3n) is 3.33. The van der Waals surface area contributed by atoms with Crippen LogP contribution in [0.4, 0.5) is 8.78 Å². The van der Waals surface area contributed by atoms with Crippen molar-refractivity contribution >= 4 is 21.4 Å². The van der Waals surface area contributed by atoms with E-state index in [1.807, 2.05) is 0 Å². The Hall–Kier alpha value is -1.93. The first-order valence-electron chi connectivity index (χ1n) is 7.32. The number of aromatic nitrogens is 1. The van der Waals surface area contributed by atoms with Crippen molar-refractivity contribution in [2.24, 2.45) is 0 Å². The fraction of sp³-hybridized carbons (Fsp3) is 0.312. The van der Waals surface area contributed by atoms with Gasteiger partial charge >= 0.3 is 0 Å². The normalized spacial score (nSPS) is 12.2. The number of hydrogen-bond donors (Lipinski definition) is 1. The lowest BCUT2D eigenvalue weighted by atomic mass is 10.1. The molecule has 0 aliphatic heterocycles. The van der Waals surface area contributed by atoms with Gasteiger partial charge in [0.25, 0.3) is 17.8 Å². The van der Waals surface area contributed by atoms with Crippen LogP contribution >= 0.6 is 11.6 Å². The highest BCUT2D eigenvalue weighted by molar-refractivity contribution is 7.91. The second-order valence-electron chi connectivity index (χ2n) is 5.47. The smallest absolute Gasteiger partial charge is 0.278 e. The van der Waals surface area contributed by atoms with Crippen LogP contribution in [0.25, 0.3) is 11.3 Å². The zero-order chi connectivity index (χ0) is 18.8. The SMILES string of the molecule is CCS(=O)(=O)c1c(Cl)cccc1-c1ccc(OCC(C)(F)F)c[n+]1O. The number of pyridine rings is 1. The molecule has 0 saturated heterocycles. The van der Waals surface area contributed by atoms with Gasteiger partial charge in [-0.2, -0.15) is 0 Å². The Morgan fingerprint density at radius 3 is 2.52 bits per heavy atom. The van der Waals surface area contributed by atoms with Crippen LogP contribution in [0.2, 0.25) is 5.02 Å². The van der Waals surface area contributed by atoms with E-state index < -0.39 is 22.4 Å². The average Bonchev–Trinajstić information content (AvgIpc) is 2.52. The molecule has 2 rings (SSSR count). The standard InChI is InChI=1S/C16H17ClF2NO4S/c1-3-25(22,23)15-12(5-4-6-13(15)17)14-8-7-11(9-20(14)21)24-10-16(2,18)19/h4-9,21H,3,10H2,1-2H3/q+1. The topological polar surface area (TPSA) is 67.5 Å². The van der Waals surface area contributed by atoms with Crippen LogP contribution in [-0.4, -0.2) is 31.9 Å². The molecule has 0 amide bonds. The maximum Gasteiger partial charge on any atom is 0.278 e. The minimum absolute atomic E-state index is 0.00898. The Labute approximate surface area is 149 Å². The van der Waals surface area contributed by atoms with Gasteiger partial charge < -0.3 is 4.74 Å². The summed E-state index contributed by atoms with van der Waals surface area (Å²) in [5.41, 5.74) is 0.328. The Balaban J connectivity index is 2.49. The van der Waals surface area contributed by atoms with Crippen molar-refractivity contribution in [3.05, 3.63) is 41.6 Å². The van der Waals surface area contributed by atoms with Crippen molar-refractivity contribution in [2.75, 3.05) is 12.4 Å². The summed E-state index contributed by atoms with van der Waals surface area (Å²) in [6, 6.07) is 7.21. The summed E-state index contributed by atoms with van der Waals surface area (Å²) in [7, 11) is -3.65. The molecule has 5 nitrogen and oxygen atoms in total. The predicted octanol–water partition coefficient (Wildman–Crippen LogP) is 3.36. The average molecular weight is 393 g/mol. The number of ether oxygens (including phenoxy) is 1. The number of alkyl halides is 2. The zero-order valence-corrected chi connectivity index (χ0v) is 15.1. The highest BCUT2D eigenvalue weighted by Crippen LogP contribution is 2.32.